The van der Waals surface area contributed by atoms with Crippen molar-refractivity contribution >= 4 is 26.6 Å². The highest BCUT2D eigenvalue weighted by Crippen LogP contribution is 2.30. The van der Waals surface area contributed by atoms with E-state index in [2.05, 4.69) is 31.4 Å². The van der Waals surface area contributed by atoms with Crippen molar-refractivity contribution in [3.05, 3.63) is 72.6 Å². The van der Waals surface area contributed by atoms with Crippen LogP contribution in [0.2, 0.25) is 6.55 Å². The van der Waals surface area contributed by atoms with Crippen molar-refractivity contribution < 1.29 is 19.1 Å². The Kier molecular flexibility index (Phi) is 6.98. The molecule has 11 nitrogen and oxygen atoms in total. The number of nitrogens with one attached hydrogen (secondary N) is 1. The van der Waals surface area contributed by atoms with Crippen molar-refractivity contribution in [2.45, 2.75) is 12.7 Å². The molecular weight excluding hydrogens is 466 g/mol. The summed E-state index contributed by atoms with van der Waals surface area (Å²) in [5.74, 6) is 0.115. The molecule has 4 rings (SSSR count). The van der Waals surface area contributed by atoms with Crippen LogP contribution in [-0.2, 0) is 6.17 Å². The van der Waals surface area contributed by atoms with E-state index in [0.29, 0.717) is 34.9 Å². The van der Waals surface area contributed by atoms with Crippen LogP contribution < -0.4 is 14.5 Å². The van der Waals surface area contributed by atoms with Crippen LogP contribution in [0, 0.1) is 11.3 Å². The molecule has 2 aromatic heterocycles. The van der Waals surface area contributed by atoms with Crippen LogP contribution in [0.4, 0.5) is 11.6 Å². The fraction of sp³-hybridized carbons (Fsp3) is 0.130. The number of carbonyl (C=O) groups is 1. The van der Waals surface area contributed by atoms with Crippen molar-refractivity contribution in [2.24, 2.45) is 0 Å². The van der Waals surface area contributed by atoms with E-state index in [-0.39, 0.29) is 5.56 Å². The first kappa shape index (κ1) is 23.4. The molecule has 0 fully saturated rings. The first-order valence-electron chi connectivity index (χ1n) is 10.3. The summed E-state index contributed by atoms with van der Waals surface area (Å²) in [6.45, 7) is 1.99. The molecule has 0 unspecified atom stereocenters. The molecule has 0 bridgehead atoms. The Morgan fingerprint density at radius 3 is 2.63 bits per heavy atom. The zero-order valence-corrected chi connectivity index (χ0v) is 19.8. The van der Waals surface area contributed by atoms with E-state index in [4.69, 9.17) is 14.3 Å². The predicted octanol–water partition coefficient (Wildman–Crippen LogP) is 3.30. The van der Waals surface area contributed by atoms with Crippen LogP contribution in [-0.4, -0.2) is 52.0 Å². The molecule has 0 aliphatic rings. The smallest absolute Gasteiger partial charge is 0.335 e. The van der Waals surface area contributed by atoms with Crippen molar-refractivity contribution in [1.82, 2.24) is 24.7 Å². The van der Waals surface area contributed by atoms with Crippen LogP contribution in [0.25, 0.3) is 11.1 Å². The van der Waals surface area contributed by atoms with Crippen molar-refractivity contribution in [2.75, 3.05) is 12.4 Å². The number of hydrogen-bond acceptors (Lipinski definition) is 9. The molecule has 0 atom stereocenters. The van der Waals surface area contributed by atoms with Crippen molar-refractivity contribution in [3.8, 4) is 28.7 Å². The molecule has 1 radical (unpaired) electrons. The number of rotatable bonds is 9. The summed E-state index contributed by atoms with van der Waals surface area (Å²) in [6.07, 6.45) is 6.97. The summed E-state index contributed by atoms with van der Waals surface area (Å²) in [6, 6.07) is 12.0. The van der Waals surface area contributed by atoms with Gasteiger partial charge in [0.05, 0.1) is 30.1 Å². The molecule has 0 saturated carbocycles. The van der Waals surface area contributed by atoms with Gasteiger partial charge in [0.15, 0.2) is 0 Å². The fourth-order valence-corrected chi connectivity index (χ4v) is 4.46. The molecule has 12 heteroatoms. The number of nitrogens with zero attached hydrogens (tertiary/aromatic N) is 6. The zero-order chi connectivity index (χ0) is 24.8. The van der Waals surface area contributed by atoms with Crippen LogP contribution in [0.3, 0.4) is 0 Å². The highest BCUT2D eigenvalue weighted by atomic mass is 28.3. The number of carboxylic acid groups (broad SMARTS) is 1. The topological polar surface area (TPSA) is 148 Å². The fourth-order valence-electron chi connectivity index (χ4n) is 3.23. The number of nitriles is 1. The van der Waals surface area contributed by atoms with Crippen LogP contribution >= 0.6 is 0 Å². The highest BCUT2D eigenvalue weighted by Gasteiger charge is 2.15. The molecule has 175 valence electrons. The van der Waals surface area contributed by atoms with Crippen molar-refractivity contribution in [3.63, 3.8) is 0 Å². The van der Waals surface area contributed by atoms with Crippen LogP contribution in [0.15, 0.2) is 61.4 Å². The standard InChI is InChI=1S/C23H20N7O4Si/c1-33-21-8-16(22(31)32)5-6-19(21)29-23-26-10-18(11-27-23)15-3-4-17(9-24)20(7-15)34-35(2)14-30-13-25-12-28-30/h3-8,10-13H,14H2,1-2H3,(H,31,32)(H,26,27,29). The number of carboxylic acids is 1. The number of aromatic carboxylic acids is 1. The number of anilines is 2. The second kappa shape index (κ2) is 10.4. The van der Waals surface area contributed by atoms with E-state index in [1.807, 2.05) is 12.6 Å². The minimum atomic E-state index is -1.33. The second-order valence-electron chi connectivity index (χ2n) is 7.36. The molecule has 0 saturated heterocycles. The van der Waals surface area contributed by atoms with E-state index in [1.165, 1.54) is 25.6 Å². The minimum Gasteiger partial charge on any atom is -0.539 e. The number of benzene rings is 2. The molecule has 0 aliphatic carbocycles. The largest absolute Gasteiger partial charge is 0.539 e. The average Bonchev–Trinajstić information content (AvgIpc) is 3.37. The first-order chi connectivity index (χ1) is 17.0. The molecule has 4 aromatic rings. The van der Waals surface area contributed by atoms with E-state index < -0.39 is 15.0 Å². The zero-order valence-electron chi connectivity index (χ0n) is 18.8. The molecule has 0 aliphatic heterocycles. The molecule has 2 aromatic carbocycles. The van der Waals surface area contributed by atoms with Crippen LogP contribution in [0.5, 0.6) is 11.5 Å². The molecule has 0 amide bonds. The average molecular weight is 487 g/mol. The lowest BCUT2D eigenvalue weighted by Gasteiger charge is -2.15. The van der Waals surface area contributed by atoms with Gasteiger partial charge in [0.1, 0.15) is 30.2 Å². The third kappa shape index (κ3) is 5.60. The Balaban J connectivity index is 1.51. The minimum absolute atomic E-state index is 0.111. The first-order valence-corrected chi connectivity index (χ1v) is 12.5. The summed E-state index contributed by atoms with van der Waals surface area (Å²) in [7, 11) is 0.123. The Bertz CT molecular complexity index is 1370. The van der Waals surface area contributed by atoms with Gasteiger partial charge in [-0.3, -0.25) is 4.68 Å². The second-order valence-corrected chi connectivity index (χ2v) is 9.28. The van der Waals surface area contributed by atoms with E-state index in [1.54, 1.807) is 41.6 Å². The van der Waals surface area contributed by atoms with Gasteiger partial charge in [0.2, 0.25) is 5.95 Å². The summed E-state index contributed by atoms with van der Waals surface area (Å²) in [5, 5.41) is 25.8. The van der Waals surface area contributed by atoms with E-state index in [9.17, 15) is 10.1 Å². The Labute approximate surface area is 202 Å². The summed E-state index contributed by atoms with van der Waals surface area (Å²) >= 11 is 0. The van der Waals surface area contributed by atoms with Gasteiger partial charge in [-0.25, -0.2) is 19.7 Å². The maximum Gasteiger partial charge on any atom is 0.335 e. The molecule has 35 heavy (non-hydrogen) atoms. The van der Waals surface area contributed by atoms with Gasteiger partial charge in [0.25, 0.3) is 9.04 Å². The third-order valence-corrected chi connectivity index (χ3v) is 6.26. The van der Waals surface area contributed by atoms with Gasteiger partial charge in [0, 0.05) is 18.0 Å². The number of ether oxygens (including phenoxy) is 1. The SMILES string of the molecule is COc1cc(C(=O)O)ccc1Nc1ncc(-c2ccc(C#N)c(O[Si](C)Cn3cncn3)c2)cn1. The molecule has 0 spiro atoms. The number of aromatic nitrogens is 5. The summed E-state index contributed by atoms with van der Waals surface area (Å²) in [5.41, 5.74) is 2.61. The van der Waals surface area contributed by atoms with Gasteiger partial charge < -0.3 is 19.6 Å². The van der Waals surface area contributed by atoms with E-state index in [0.717, 1.165) is 11.1 Å². The lowest BCUT2D eigenvalue weighted by molar-refractivity contribution is 0.0696. The quantitative estimate of drug-likeness (QED) is 0.338. The predicted molar refractivity (Wildman–Crippen MR) is 128 cm³/mol. The maximum atomic E-state index is 11.2. The van der Waals surface area contributed by atoms with Crippen molar-refractivity contribution in [1.29, 1.82) is 5.26 Å². The Morgan fingerprint density at radius 2 is 1.97 bits per heavy atom. The third-order valence-electron chi connectivity index (χ3n) is 4.92. The van der Waals surface area contributed by atoms with Gasteiger partial charge in [-0.1, -0.05) is 6.07 Å². The highest BCUT2D eigenvalue weighted by molar-refractivity contribution is 6.49. The summed E-state index contributed by atoms with van der Waals surface area (Å²) < 4.78 is 13.1. The molecule has 2 N–H and O–H groups in total. The van der Waals surface area contributed by atoms with Gasteiger partial charge in [-0.2, -0.15) is 10.4 Å². The van der Waals surface area contributed by atoms with Gasteiger partial charge in [-0.15, -0.1) is 0 Å². The lowest BCUT2D eigenvalue weighted by atomic mass is 10.1. The number of hydrogen-bond donors (Lipinski definition) is 2. The van der Waals surface area contributed by atoms with Crippen LogP contribution in [0.1, 0.15) is 15.9 Å². The van der Waals surface area contributed by atoms with Gasteiger partial charge in [-0.05, 0) is 42.4 Å². The lowest BCUT2D eigenvalue weighted by Crippen LogP contribution is -2.25. The normalized spacial score (nSPS) is 10.6. The maximum absolute atomic E-state index is 11.2. The number of methoxy groups -OCH3 is 1. The molecular formula is C23H20N7O4Si. The summed E-state index contributed by atoms with van der Waals surface area (Å²) in [4.78, 5) is 23.8. The molecule has 2 heterocycles. The Morgan fingerprint density at radius 1 is 1.17 bits per heavy atom. The monoisotopic (exact) mass is 486 g/mol. The Hall–Kier alpha value is -4.76. The van der Waals surface area contributed by atoms with Gasteiger partial charge >= 0.3 is 5.97 Å². The van der Waals surface area contributed by atoms with E-state index >= 15 is 0 Å².